The molecule has 0 spiro atoms. The number of hydrogen-bond acceptors (Lipinski definition) is 2. The van der Waals surface area contributed by atoms with Crippen LogP contribution in [0.15, 0.2) is 12.2 Å². The van der Waals surface area contributed by atoms with Crippen molar-refractivity contribution in [2.45, 2.75) is 0 Å². The third-order valence-corrected chi connectivity index (χ3v) is 0.368. The van der Waals surface area contributed by atoms with Gasteiger partial charge in [0.15, 0.2) is 0 Å². The van der Waals surface area contributed by atoms with E-state index in [2.05, 4.69) is 0 Å². The van der Waals surface area contributed by atoms with Crippen LogP contribution in [0.25, 0.3) is 0 Å². The van der Waals surface area contributed by atoms with Crippen LogP contribution in [0.5, 0.6) is 0 Å². The van der Waals surface area contributed by atoms with Crippen LogP contribution in [-0.2, 0) is 9.59 Å². The standard InChI is InChI=1S/C4H4O4.2Na.H2O/c5-3(6)1-2-4(7)8;;;/h1-2H,(H,5,6)(H,7,8);;;1H2. The van der Waals surface area contributed by atoms with Crippen molar-refractivity contribution >= 4 is 71.1 Å². The molecule has 0 saturated carbocycles. The van der Waals surface area contributed by atoms with Crippen LogP contribution < -0.4 is 0 Å². The Morgan fingerprint density at radius 3 is 1.18 bits per heavy atom. The van der Waals surface area contributed by atoms with Crippen LogP contribution in [0.2, 0.25) is 0 Å². The summed E-state index contributed by atoms with van der Waals surface area (Å²) in [6, 6.07) is 0. The first-order valence-electron chi connectivity index (χ1n) is 1.77. The Bertz CT molecular complexity index is 127. The first kappa shape index (κ1) is 22.6. The van der Waals surface area contributed by atoms with Gasteiger partial charge in [-0.2, -0.15) is 0 Å². The van der Waals surface area contributed by atoms with E-state index in [0.29, 0.717) is 12.2 Å². The molecular weight excluding hydrogens is 174 g/mol. The van der Waals surface area contributed by atoms with Gasteiger partial charge in [-0.1, -0.05) is 0 Å². The van der Waals surface area contributed by atoms with Crippen LogP contribution in [0.3, 0.4) is 0 Å². The van der Waals surface area contributed by atoms with E-state index in [0.717, 1.165) is 0 Å². The van der Waals surface area contributed by atoms with Crippen molar-refractivity contribution in [3.05, 3.63) is 12.2 Å². The predicted molar refractivity (Wildman–Crippen MR) is 39.5 cm³/mol. The average molecular weight is 180 g/mol. The predicted octanol–water partition coefficient (Wildman–Crippen LogP) is -1.87. The summed E-state index contributed by atoms with van der Waals surface area (Å²) in [5.74, 6) is -2.51. The van der Waals surface area contributed by atoms with Gasteiger partial charge in [0.2, 0.25) is 0 Å². The minimum atomic E-state index is -1.26. The van der Waals surface area contributed by atoms with Gasteiger partial charge in [-0.15, -0.1) is 0 Å². The number of aliphatic carboxylic acids is 2. The summed E-state index contributed by atoms with van der Waals surface area (Å²) in [5, 5.41) is 15.6. The summed E-state index contributed by atoms with van der Waals surface area (Å²) in [7, 11) is 0. The summed E-state index contributed by atoms with van der Waals surface area (Å²) in [6.45, 7) is 0. The number of carboxylic acid groups (broad SMARTS) is 2. The van der Waals surface area contributed by atoms with E-state index in [1.54, 1.807) is 0 Å². The Labute approximate surface area is 107 Å². The molecule has 0 aromatic heterocycles. The van der Waals surface area contributed by atoms with Gasteiger partial charge in [-0.3, -0.25) is 0 Å². The summed E-state index contributed by atoms with van der Waals surface area (Å²) in [5.41, 5.74) is 0. The Hall–Kier alpha value is 0.640. The van der Waals surface area contributed by atoms with Gasteiger partial charge in [0, 0.05) is 71.3 Å². The average Bonchev–Trinajstić information content (AvgIpc) is 1.61. The van der Waals surface area contributed by atoms with E-state index in [-0.39, 0.29) is 64.6 Å². The molecule has 0 rings (SSSR count). The fourth-order valence-electron chi connectivity index (χ4n) is 0.143. The molecule has 5 nitrogen and oxygen atoms in total. The van der Waals surface area contributed by atoms with Crippen LogP contribution in [-0.4, -0.2) is 86.7 Å². The van der Waals surface area contributed by atoms with Crippen LogP contribution in [0.1, 0.15) is 0 Å². The second-order valence-electron chi connectivity index (χ2n) is 1.01. The van der Waals surface area contributed by atoms with Crippen molar-refractivity contribution in [2.24, 2.45) is 0 Å². The molecule has 0 fully saturated rings. The van der Waals surface area contributed by atoms with E-state index in [1.807, 2.05) is 0 Å². The van der Waals surface area contributed by atoms with Crippen LogP contribution in [0.4, 0.5) is 0 Å². The van der Waals surface area contributed by atoms with Crippen molar-refractivity contribution < 1.29 is 25.3 Å². The minimum absolute atomic E-state index is 0. The van der Waals surface area contributed by atoms with Crippen molar-refractivity contribution in [1.29, 1.82) is 0 Å². The Kier molecular flexibility index (Phi) is 27.2. The molecule has 2 radical (unpaired) electrons. The Morgan fingerprint density at radius 2 is 1.09 bits per heavy atom. The third kappa shape index (κ3) is 25.0. The molecule has 0 amide bonds. The molecule has 54 valence electrons. The number of carbonyl (C=O) groups is 2. The first-order chi connectivity index (χ1) is 3.63. The third-order valence-electron chi connectivity index (χ3n) is 0.368. The molecule has 0 aromatic rings. The maximum atomic E-state index is 9.55. The molecule has 0 aliphatic carbocycles. The van der Waals surface area contributed by atoms with E-state index >= 15 is 0 Å². The van der Waals surface area contributed by atoms with Gasteiger partial charge in [0.25, 0.3) is 0 Å². The molecule has 0 aromatic carbocycles. The van der Waals surface area contributed by atoms with E-state index in [9.17, 15) is 9.59 Å². The fraction of sp³-hybridized carbons (Fsp3) is 0. The topological polar surface area (TPSA) is 106 Å². The van der Waals surface area contributed by atoms with Crippen molar-refractivity contribution in [2.75, 3.05) is 0 Å². The zero-order valence-electron chi connectivity index (χ0n) is 6.37. The zero-order valence-corrected chi connectivity index (χ0v) is 10.4. The van der Waals surface area contributed by atoms with Gasteiger partial charge in [0.05, 0.1) is 0 Å². The molecule has 11 heavy (non-hydrogen) atoms. The summed E-state index contributed by atoms with van der Waals surface area (Å²) in [4.78, 5) is 19.1. The normalized spacial score (nSPS) is 6.91. The molecule has 0 bridgehead atoms. The van der Waals surface area contributed by atoms with Crippen LogP contribution >= 0.6 is 0 Å². The number of hydrogen-bond donors (Lipinski definition) is 2. The second kappa shape index (κ2) is 13.2. The molecule has 4 N–H and O–H groups in total. The maximum absolute atomic E-state index is 9.55. The Balaban J connectivity index is -0.0000000817. The van der Waals surface area contributed by atoms with E-state index < -0.39 is 11.9 Å². The molecule has 7 heteroatoms. The Morgan fingerprint density at radius 1 is 0.909 bits per heavy atom. The van der Waals surface area contributed by atoms with Gasteiger partial charge >= 0.3 is 11.9 Å². The molecule has 0 atom stereocenters. The van der Waals surface area contributed by atoms with Gasteiger partial charge in [0.1, 0.15) is 0 Å². The molecular formula is C4H6Na2O5. The molecule has 0 aliphatic heterocycles. The number of rotatable bonds is 2. The SMILES string of the molecule is O.O=C(O)C=CC(=O)O.[Na].[Na]. The van der Waals surface area contributed by atoms with Gasteiger partial charge < -0.3 is 15.7 Å². The summed E-state index contributed by atoms with van der Waals surface area (Å²) >= 11 is 0. The molecule has 0 unspecified atom stereocenters. The van der Waals surface area contributed by atoms with Gasteiger partial charge in [-0.25, -0.2) is 9.59 Å². The maximum Gasteiger partial charge on any atom is 0.328 e. The van der Waals surface area contributed by atoms with Crippen LogP contribution in [0, 0.1) is 0 Å². The quantitative estimate of drug-likeness (QED) is 0.383. The first-order valence-corrected chi connectivity index (χ1v) is 1.77. The fourth-order valence-corrected chi connectivity index (χ4v) is 0.143. The zero-order chi connectivity index (χ0) is 6.57. The largest absolute Gasteiger partial charge is 0.478 e. The van der Waals surface area contributed by atoms with Crippen molar-refractivity contribution in [1.82, 2.24) is 0 Å². The summed E-state index contributed by atoms with van der Waals surface area (Å²) < 4.78 is 0. The molecule has 0 heterocycles. The van der Waals surface area contributed by atoms with E-state index in [4.69, 9.17) is 10.2 Å². The van der Waals surface area contributed by atoms with Gasteiger partial charge in [-0.05, 0) is 0 Å². The molecule has 0 aliphatic rings. The van der Waals surface area contributed by atoms with E-state index in [1.165, 1.54) is 0 Å². The smallest absolute Gasteiger partial charge is 0.328 e. The second-order valence-corrected chi connectivity index (χ2v) is 1.01. The molecule has 0 saturated heterocycles. The van der Waals surface area contributed by atoms with Crippen molar-refractivity contribution in [3.63, 3.8) is 0 Å². The number of carboxylic acids is 2. The summed E-state index contributed by atoms with van der Waals surface area (Å²) in [6.07, 6.45) is 1.12. The minimum Gasteiger partial charge on any atom is -0.478 e. The monoisotopic (exact) mass is 180 g/mol. The van der Waals surface area contributed by atoms with Crippen molar-refractivity contribution in [3.8, 4) is 0 Å².